The molecule has 21 heavy (non-hydrogen) atoms. The summed E-state index contributed by atoms with van der Waals surface area (Å²) >= 11 is 0.598. The van der Waals surface area contributed by atoms with Crippen LogP contribution in [0.15, 0.2) is 29.2 Å². The van der Waals surface area contributed by atoms with E-state index in [9.17, 15) is 24.5 Å². The molecule has 1 aromatic carbocycles. The quantitative estimate of drug-likeness (QED) is 0.511. The average molecular weight is 308 g/mol. The number of hydrogen-bond donors (Lipinski definition) is 1. The van der Waals surface area contributed by atoms with Crippen LogP contribution in [0.1, 0.15) is 5.56 Å². The van der Waals surface area contributed by atoms with Gasteiger partial charge in [0.1, 0.15) is 6.54 Å². The van der Waals surface area contributed by atoms with Gasteiger partial charge in [0.05, 0.1) is 9.83 Å². The molecule has 8 nitrogen and oxygen atoms in total. The molecule has 1 aliphatic heterocycles. The van der Waals surface area contributed by atoms with Crippen LogP contribution < -0.4 is 0 Å². The third-order valence-corrected chi connectivity index (χ3v) is 3.45. The molecule has 2 amide bonds. The number of non-ortho nitro benzene ring substituents is 1. The molecular formula is C12H8N2O6S. The van der Waals surface area contributed by atoms with Crippen LogP contribution in [0, 0.1) is 10.1 Å². The fourth-order valence-electron chi connectivity index (χ4n) is 1.65. The molecule has 108 valence electrons. The lowest BCUT2D eigenvalue weighted by molar-refractivity contribution is -0.384. The average Bonchev–Trinajstić information content (AvgIpc) is 2.66. The number of thioether (sulfide) groups is 1. The van der Waals surface area contributed by atoms with E-state index in [1.54, 1.807) is 0 Å². The van der Waals surface area contributed by atoms with Crippen molar-refractivity contribution in [1.29, 1.82) is 0 Å². The van der Waals surface area contributed by atoms with Gasteiger partial charge in [0.15, 0.2) is 0 Å². The molecule has 0 aliphatic carbocycles. The van der Waals surface area contributed by atoms with Gasteiger partial charge in [0.2, 0.25) is 0 Å². The van der Waals surface area contributed by atoms with Crippen molar-refractivity contribution in [2.75, 3.05) is 6.54 Å². The molecule has 2 rings (SSSR count). The van der Waals surface area contributed by atoms with Gasteiger partial charge in [-0.3, -0.25) is 29.4 Å². The first-order valence-corrected chi connectivity index (χ1v) is 6.42. The van der Waals surface area contributed by atoms with E-state index in [-0.39, 0.29) is 10.6 Å². The molecule has 0 bridgehead atoms. The summed E-state index contributed by atoms with van der Waals surface area (Å²) in [5.41, 5.74) is 0.235. The summed E-state index contributed by atoms with van der Waals surface area (Å²) in [6.45, 7) is -0.711. The van der Waals surface area contributed by atoms with Crippen LogP contribution in [0.25, 0.3) is 6.08 Å². The number of nitro groups is 1. The number of carboxylic acid groups (broad SMARTS) is 1. The molecule has 0 saturated carbocycles. The molecule has 0 spiro atoms. The number of rotatable bonds is 4. The fraction of sp³-hybridized carbons (Fsp3) is 0.0833. The number of carboxylic acids is 1. The summed E-state index contributed by atoms with van der Waals surface area (Å²) < 4.78 is 0. The van der Waals surface area contributed by atoms with E-state index in [2.05, 4.69) is 0 Å². The van der Waals surface area contributed by atoms with Gasteiger partial charge in [0, 0.05) is 12.1 Å². The lowest BCUT2D eigenvalue weighted by Crippen LogP contribution is -2.33. The summed E-state index contributed by atoms with van der Waals surface area (Å²) in [5, 5.41) is 18.6. The van der Waals surface area contributed by atoms with Gasteiger partial charge in [-0.15, -0.1) is 0 Å². The Bertz CT molecular complexity index is 684. The lowest BCUT2D eigenvalue weighted by Gasteiger charge is -2.07. The van der Waals surface area contributed by atoms with E-state index in [0.29, 0.717) is 22.2 Å². The third-order valence-electron chi connectivity index (χ3n) is 2.55. The summed E-state index contributed by atoms with van der Waals surface area (Å²) in [7, 11) is 0. The van der Waals surface area contributed by atoms with E-state index in [1.165, 1.54) is 30.3 Å². The van der Waals surface area contributed by atoms with E-state index >= 15 is 0 Å². The second-order valence-corrected chi connectivity index (χ2v) is 5.01. The fourth-order valence-corrected chi connectivity index (χ4v) is 2.49. The number of carbonyl (C=O) groups is 3. The van der Waals surface area contributed by atoms with Gasteiger partial charge in [-0.05, 0) is 23.4 Å². The Morgan fingerprint density at radius 2 is 2.14 bits per heavy atom. The van der Waals surface area contributed by atoms with E-state index in [0.717, 1.165) is 0 Å². The predicted molar refractivity (Wildman–Crippen MR) is 73.4 cm³/mol. The number of imide groups is 1. The molecule has 0 unspecified atom stereocenters. The Morgan fingerprint density at radius 1 is 1.43 bits per heavy atom. The maximum atomic E-state index is 11.9. The lowest BCUT2D eigenvalue weighted by atomic mass is 10.2. The molecule has 1 N–H and O–H groups in total. The van der Waals surface area contributed by atoms with Gasteiger partial charge in [-0.25, -0.2) is 0 Å². The Balaban J connectivity index is 2.28. The maximum Gasteiger partial charge on any atom is 0.323 e. The molecule has 0 atom stereocenters. The Morgan fingerprint density at radius 3 is 2.76 bits per heavy atom. The van der Waals surface area contributed by atoms with Crippen LogP contribution >= 0.6 is 11.8 Å². The van der Waals surface area contributed by atoms with Crippen LogP contribution in [0.2, 0.25) is 0 Å². The van der Waals surface area contributed by atoms with E-state index in [1.807, 2.05) is 0 Å². The number of hydrogen-bond acceptors (Lipinski definition) is 6. The SMILES string of the molecule is O=C(O)CN1C(=O)S/C(=C/c2cccc([N+](=O)[O-])c2)C1=O. The Kier molecular flexibility index (Phi) is 4.03. The first-order chi connectivity index (χ1) is 9.88. The van der Waals surface area contributed by atoms with Gasteiger partial charge < -0.3 is 5.11 Å². The van der Waals surface area contributed by atoms with Gasteiger partial charge in [-0.1, -0.05) is 12.1 Å². The summed E-state index contributed by atoms with van der Waals surface area (Å²) in [4.78, 5) is 44.8. The number of carbonyl (C=O) groups excluding carboxylic acids is 2. The standard InChI is InChI=1S/C12H8N2O6S/c15-10(16)6-13-11(17)9(21-12(13)18)5-7-2-1-3-8(4-7)14(19)20/h1-5H,6H2,(H,15,16)/b9-5+. The van der Waals surface area contributed by atoms with Gasteiger partial charge in [0.25, 0.3) is 16.8 Å². The molecule has 0 aromatic heterocycles. The van der Waals surface area contributed by atoms with Crippen molar-refractivity contribution >= 4 is 40.6 Å². The number of nitro benzene ring substituents is 1. The van der Waals surface area contributed by atoms with E-state index in [4.69, 9.17) is 5.11 Å². The Labute approximate surface area is 122 Å². The summed E-state index contributed by atoms with van der Waals surface area (Å²) in [5.74, 6) is -2.02. The highest BCUT2D eigenvalue weighted by molar-refractivity contribution is 8.18. The number of amides is 2. The normalized spacial score (nSPS) is 16.6. The maximum absolute atomic E-state index is 11.9. The molecule has 9 heteroatoms. The predicted octanol–water partition coefficient (Wildman–Crippen LogP) is 1.72. The first-order valence-electron chi connectivity index (χ1n) is 5.60. The molecule has 0 radical (unpaired) electrons. The topological polar surface area (TPSA) is 118 Å². The zero-order valence-corrected chi connectivity index (χ0v) is 11.2. The highest BCUT2D eigenvalue weighted by Gasteiger charge is 2.36. The smallest absolute Gasteiger partial charge is 0.323 e. The van der Waals surface area contributed by atoms with Crippen molar-refractivity contribution in [2.45, 2.75) is 0 Å². The van der Waals surface area contributed by atoms with Crippen molar-refractivity contribution in [3.63, 3.8) is 0 Å². The van der Waals surface area contributed by atoms with Crippen LogP contribution in [-0.2, 0) is 9.59 Å². The minimum atomic E-state index is -1.30. The minimum absolute atomic E-state index is 0.0294. The second kappa shape index (κ2) is 5.75. The van der Waals surface area contributed by atoms with Crippen molar-refractivity contribution < 1.29 is 24.4 Å². The van der Waals surface area contributed by atoms with Gasteiger partial charge in [-0.2, -0.15) is 0 Å². The summed E-state index contributed by atoms with van der Waals surface area (Å²) in [6.07, 6.45) is 1.32. The monoisotopic (exact) mass is 308 g/mol. The van der Waals surface area contributed by atoms with Crippen molar-refractivity contribution in [2.24, 2.45) is 0 Å². The first kappa shape index (κ1) is 14.7. The van der Waals surface area contributed by atoms with Crippen molar-refractivity contribution in [3.05, 3.63) is 44.8 Å². The molecular weight excluding hydrogens is 300 g/mol. The molecule has 1 aromatic rings. The molecule has 1 heterocycles. The largest absolute Gasteiger partial charge is 0.480 e. The summed E-state index contributed by atoms with van der Waals surface area (Å²) in [6, 6.07) is 5.54. The zero-order valence-electron chi connectivity index (χ0n) is 10.4. The molecule has 1 aliphatic rings. The van der Waals surface area contributed by atoms with Crippen molar-refractivity contribution in [3.8, 4) is 0 Å². The Hall–Kier alpha value is -2.68. The van der Waals surface area contributed by atoms with Crippen molar-refractivity contribution in [1.82, 2.24) is 4.90 Å². The van der Waals surface area contributed by atoms with Gasteiger partial charge >= 0.3 is 5.97 Å². The highest BCUT2D eigenvalue weighted by Crippen LogP contribution is 2.32. The van der Waals surface area contributed by atoms with Crippen LogP contribution in [-0.4, -0.2) is 38.6 Å². The highest BCUT2D eigenvalue weighted by atomic mass is 32.2. The number of nitrogens with zero attached hydrogens (tertiary/aromatic N) is 2. The number of aliphatic carboxylic acids is 1. The number of benzene rings is 1. The minimum Gasteiger partial charge on any atom is -0.480 e. The third kappa shape index (κ3) is 3.26. The van der Waals surface area contributed by atoms with Crippen LogP contribution in [0.3, 0.4) is 0 Å². The zero-order chi connectivity index (χ0) is 15.6. The molecule has 1 fully saturated rings. The molecule has 1 saturated heterocycles. The van der Waals surface area contributed by atoms with E-state index < -0.39 is 28.6 Å². The van der Waals surface area contributed by atoms with Crippen LogP contribution in [0.5, 0.6) is 0 Å². The second-order valence-electron chi connectivity index (χ2n) is 4.01. The van der Waals surface area contributed by atoms with Crippen LogP contribution in [0.4, 0.5) is 10.5 Å².